The maximum absolute atomic E-state index is 13.1. The average Bonchev–Trinajstić information content (AvgIpc) is 3.22. The molecule has 0 bridgehead atoms. The van der Waals surface area contributed by atoms with Crippen LogP contribution in [0.4, 0.5) is 4.39 Å². The zero-order chi connectivity index (χ0) is 21.6. The van der Waals surface area contributed by atoms with E-state index in [2.05, 4.69) is 11.1 Å². The highest BCUT2D eigenvalue weighted by Crippen LogP contribution is 2.32. The molecule has 0 aliphatic carbocycles. The molecule has 0 fully saturated rings. The number of ether oxygens (including phenoxy) is 2. The molecule has 1 aromatic heterocycles. The van der Waals surface area contributed by atoms with Crippen LogP contribution < -0.4 is 9.47 Å². The van der Waals surface area contributed by atoms with Crippen molar-refractivity contribution in [1.29, 1.82) is 5.26 Å². The first-order valence-corrected chi connectivity index (χ1v) is 10.6. The Kier molecular flexibility index (Phi) is 6.25. The van der Waals surface area contributed by atoms with Crippen LogP contribution in [-0.2, 0) is 6.61 Å². The Morgan fingerprint density at radius 1 is 1.06 bits per heavy atom. The van der Waals surface area contributed by atoms with Crippen LogP contribution in [0.1, 0.15) is 23.1 Å². The number of hydrogen-bond acceptors (Lipinski definition) is 5. The van der Waals surface area contributed by atoms with E-state index in [4.69, 9.17) is 9.47 Å². The summed E-state index contributed by atoms with van der Waals surface area (Å²) in [6.07, 6.45) is 1.80. The molecule has 0 unspecified atom stereocenters. The van der Waals surface area contributed by atoms with E-state index in [1.54, 1.807) is 18.2 Å². The lowest BCUT2D eigenvalue weighted by Crippen LogP contribution is -2.00. The monoisotopic (exact) mass is 430 g/mol. The minimum Gasteiger partial charge on any atom is -0.490 e. The predicted molar refractivity (Wildman–Crippen MR) is 121 cm³/mol. The smallest absolute Gasteiger partial charge is 0.161 e. The summed E-state index contributed by atoms with van der Waals surface area (Å²) < 4.78 is 25.7. The standard InChI is InChI=1S/C25H19FN2O2S/c1-2-29-23-14-18(9-12-22(23)30-16-17-7-10-20(26)11-8-17)13-19(15-27)25-28-21-5-3-4-6-24(21)31-25/h3-14H,2,16H2,1H3. The topological polar surface area (TPSA) is 55.1 Å². The zero-order valence-electron chi connectivity index (χ0n) is 16.8. The number of nitrogens with zero attached hydrogens (tertiary/aromatic N) is 2. The van der Waals surface area contributed by atoms with E-state index in [0.29, 0.717) is 35.3 Å². The van der Waals surface area contributed by atoms with Crippen molar-refractivity contribution in [3.63, 3.8) is 0 Å². The third kappa shape index (κ3) is 4.90. The lowest BCUT2D eigenvalue weighted by Gasteiger charge is -2.13. The minimum atomic E-state index is -0.281. The SMILES string of the molecule is CCOc1cc(C=C(C#N)c2nc3ccccc3s2)ccc1OCc1ccc(F)cc1. The maximum atomic E-state index is 13.1. The van der Waals surface area contributed by atoms with E-state index in [1.165, 1.54) is 23.5 Å². The Morgan fingerprint density at radius 3 is 2.61 bits per heavy atom. The fraction of sp³-hybridized carbons (Fsp3) is 0.120. The van der Waals surface area contributed by atoms with Crippen LogP contribution in [0.15, 0.2) is 66.7 Å². The first-order valence-electron chi connectivity index (χ1n) is 9.78. The van der Waals surface area contributed by atoms with Gasteiger partial charge in [0.1, 0.15) is 23.5 Å². The fourth-order valence-electron chi connectivity index (χ4n) is 3.04. The molecule has 0 atom stereocenters. The molecule has 4 nitrogen and oxygen atoms in total. The van der Waals surface area contributed by atoms with E-state index < -0.39 is 0 Å². The van der Waals surface area contributed by atoms with E-state index in [1.807, 2.05) is 49.4 Å². The van der Waals surface area contributed by atoms with E-state index in [9.17, 15) is 9.65 Å². The molecule has 1 heterocycles. The van der Waals surface area contributed by atoms with Crippen molar-refractivity contribution in [1.82, 2.24) is 4.98 Å². The summed E-state index contributed by atoms with van der Waals surface area (Å²) in [7, 11) is 0. The average molecular weight is 431 g/mol. The summed E-state index contributed by atoms with van der Waals surface area (Å²) >= 11 is 1.49. The second kappa shape index (κ2) is 9.41. The van der Waals surface area contributed by atoms with Crippen LogP contribution >= 0.6 is 11.3 Å². The molecule has 0 spiro atoms. The van der Waals surface area contributed by atoms with Gasteiger partial charge in [0.05, 0.1) is 22.4 Å². The summed E-state index contributed by atoms with van der Waals surface area (Å²) in [6.45, 7) is 2.67. The van der Waals surface area contributed by atoms with Gasteiger partial charge in [-0.2, -0.15) is 5.26 Å². The molecule has 31 heavy (non-hydrogen) atoms. The van der Waals surface area contributed by atoms with E-state index >= 15 is 0 Å². The molecule has 0 aliphatic rings. The number of benzene rings is 3. The second-order valence-corrected chi connectivity index (χ2v) is 7.74. The molecule has 0 saturated heterocycles. The molecule has 0 radical (unpaired) electrons. The second-order valence-electron chi connectivity index (χ2n) is 6.71. The number of hydrogen-bond donors (Lipinski definition) is 0. The molecule has 6 heteroatoms. The van der Waals surface area contributed by atoms with Gasteiger partial charge in [0.2, 0.25) is 0 Å². The van der Waals surface area contributed by atoms with Crippen LogP contribution in [0.5, 0.6) is 11.5 Å². The van der Waals surface area contributed by atoms with Crippen molar-refractivity contribution in [3.8, 4) is 17.6 Å². The van der Waals surface area contributed by atoms with E-state index in [0.717, 1.165) is 21.3 Å². The van der Waals surface area contributed by atoms with Gasteiger partial charge in [-0.1, -0.05) is 30.3 Å². The number of rotatable bonds is 7. The quantitative estimate of drug-likeness (QED) is 0.315. The van der Waals surface area contributed by atoms with Crippen LogP contribution in [-0.4, -0.2) is 11.6 Å². The normalized spacial score (nSPS) is 11.3. The summed E-state index contributed by atoms with van der Waals surface area (Å²) in [5.74, 6) is 0.887. The Labute approximate surface area is 183 Å². The van der Waals surface area contributed by atoms with Gasteiger partial charge in [-0.25, -0.2) is 9.37 Å². The van der Waals surface area contributed by atoms with Gasteiger partial charge in [-0.3, -0.25) is 0 Å². The van der Waals surface area contributed by atoms with E-state index in [-0.39, 0.29) is 5.82 Å². The molecule has 0 amide bonds. The summed E-state index contributed by atoms with van der Waals surface area (Å²) in [4.78, 5) is 4.57. The van der Waals surface area contributed by atoms with Crippen LogP contribution in [0, 0.1) is 17.1 Å². The van der Waals surface area contributed by atoms with Crippen LogP contribution in [0.2, 0.25) is 0 Å². The van der Waals surface area contributed by atoms with Crippen LogP contribution in [0.25, 0.3) is 21.9 Å². The van der Waals surface area contributed by atoms with Crippen molar-refractivity contribution in [2.45, 2.75) is 13.5 Å². The number of para-hydroxylation sites is 1. The Morgan fingerprint density at radius 2 is 1.87 bits per heavy atom. The first-order chi connectivity index (χ1) is 15.2. The van der Waals surface area contributed by atoms with Crippen molar-refractivity contribution in [3.05, 3.63) is 88.7 Å². The highest BCUT2D eigenvalue weighted by atomic mass is 32.1. The number of fused-ring (bicyclic) bond motifs is 1. The van der Waals surface area contributed by atoms with Gasteiger partial charge in [-0.15, -0.1) is 11.3 Å². The molecular formula is C25H19FN2O2S. The van der Waals surface area contributed by atoms with Crippen molar-refractivity contribution >= 4 is 33.2 Å². The van der Waals surface area contributed by atoms with Gasteiger partial charge < -0.3 is 9.47 Å². The highest BCUT2D eigenvalue weighted by molar-refractivity contribution is 7.19. The summed E-state index contributed by atoms with van der Waals surface area (Å²) in [5, 5.41) is 10.4. The Bertz CT molecular complexity index is 1240. The Hall–Kier alpha value is -3.69. The number of allylic oxidation sites excluding steroid dienone is 1. The third-order valence-corrected chi connectivity index (χ3v) is 5.60. The van der Waals surface area contributed by atoms with Gasteiger partial charge in [0, 0.05) is 0 Å². The predicted octanol–water partition coefficient (Wildman–Crippen LogP) is 6.48. The fourth-order valence-corrected chi connectivity index (χ4v) is 3.97. The number of aromatic nitrogens is 1. The molecule has 4 aromatic rings. The van der Waals surface area contributed by atoms with Gasteiger partial charge in [0.15, 0.2) is 11.5 Å². The lowest BCUT2D eigenvalue weighted by molar-refractivity contribution is 0.269. The van der Waals surface area contributed by atoms with Gasteiger partial charge in [-0.05, 0) is 60.5 Å². The maximum Gasteiger partial charge on any atom is 0.161 e. The number of halogens is 1. The minimum absolute atomic E-state index is 0.281. The zero-order valence-corrected chi connectivity index (χ0v) is 17.7. The van der Waals surface area contributed by atoms with Crippen molar-refractivity contribution in [2.24, 2.45) is 0 Å². The molecule has 3 aromatic carbocycles. The van der Waals surface area contributed by atoms with Crippen molar-refractivity contribution in [2.75, 3.05) is 6.61 Å². The van der Waals surface area contributed by atoms with Gasteiger partial charge in [0.25, 0.3) is 0 Å². The van der Waals surface area contributed by atoms with Crippen molar-refractivity contribution < 1.29 is 13.9 Å². The highest BCUT2D eigenvalue weighted by Gasteiger charge is 2.11. The first kappa shape index (κ1) is 20.6. The molecule has 0 saturated carbocycles. The molecule has 154 valence electrons. The number of nitriles is 1. The summed E-state index contributed by atoms with van der Waals surface area (Å²) in [6, 6.07) is 21.8. The lowest BCUT2D eigenvalue weighted by atomic mass is 10.1. The van der Waals surface area contributed by atoms with Gasteiger partial charge >= 0.3 is 0 Å². The molecular weight excluding hydrogens is 411 g/mol. The largest absolute Gasteiger partial charge is 0.490 e. The number of thiazole rings is 1. The Balaban J connectivity index is 1.59. The molecule has 0 aliphatic heterocycles. The summed E-state index contributed by atoms with van der Waals surface area (Å²) in [5.41, 5.74) is 3.04. The molecule has 0 N–H and O–H groups in total. The van der Waals surface area contributed by atoms with Crippen LogP contribution in [0.3, 0.4) is 0 Å². The molecule has 4 rings (SSSR count). The third-order valence-electron chi connectivity index (χ3n) is 4.53.